The number of thiocarbonyl (C=S) groups is 1. The van der Waals surface area contributed by atoms with Crippen LogP contribution in [0, 0.1) is 6.92 Å². The molecule has 4 N–H and O–H groups in total. The fourth-order valence-corrected chi connectivity index (χ4v) is 1.59. The van der Waals surface area contributed by atoms with E-state index >= 15 is 0 Å². The molecule has 0 aliphatic rings. The van der Waals surface area contributed by atoms with E-state index in [2.05, 4.69) is 10.2 Å². The van der Waals surface area contributed by atoms with Crippen molar-refractivity contribution in [3.05, 3.63) is 29.8 Å². The van der Waals surface area contributed by atoms with Crippen molar-refractivity contribution >= 4 is 34.7 Å². The summed E-state index contributed by atoms with van der Waals surface area (Å²) in [5.41, 5.74) is 14.4. The molecule has 6 heteroatoms. The molecule has 0 aliphatic carbocycles. The predicted molar refractivity (Wildman–Crippen MR) is 85.5 cm³/mol. The van der Waals surface area contributed by atoms with Gasteiger partial charge in [0.05, 0.1) is 5.69 Å². The first kappa shape index (κ1) is 15.1. The number of nitrogens with zero attached hydrogens (tertiary/aromatic N) is 3. The van der Waals surface area contributed by atoms with Crippen molar-refractivity contribution in [3.63, 3.8) is 0 Å². The van der Waals surface area contributed by atoms with Gasteiger partial charge in [-0.05, 0) is 50.2 Å². The van der Waals surface area contributed by atoms with Crippen LogP contribution in [0.5, 0.6) is 0 Å². The van der Waals surface area contributed by atoms with E-state index in [9.17, 15) is 0 Å². The van der Waals surface area contributed by atoms with Gasteiger partial charge in [0.1, 0.15) is 0 Å². The van der Waals surface area contributed by atoms with Crippen molar-refractivity contribution in [2.45, 2.75) is 27.2 Å². The number of anilines is 1. The molecular weight excluding hydrogens is 258 g/mol. The lowest BCUT2D eigenvalue weighted by atomic mass is 10.2. The summed E-state index contributed by atoms with van der Waals surface area (Å²) in [6.45, 7) is 5.86. The molecule has 0 heterocycles. The highest BCUT2D eigenvalue weighted by atomic mass is 32.1. The summed E-state index contributed by atoms with van der Waals surface area (Å²) < 4.78 is 0. The predicted octanol–water partition coefficient (Wildman–Crippen LogP) is 2.15. The van der Waals surface area contributed by atoms with Gasteiger partial charge in [0.25, 0.3) is 0 Å². The summed E-state index contributed by atoms with van der Waals surface area (Å²) in [7, 11) is 0. The number of rotatable bonds is 3. The summed E-state index contributed by atoms with van der Waals surface area (Å²) in [5, 5.41) is 8.12. The minimum Gasteiger partial charge on any atom is -0.376 e. The molecule has 1 aromatic rings. The molecule has 1 rings (SSSR count). The summed E-state index contributed by atoms with van der Waals surface area (Å²) >= 11 is 5.02. The van der Waals surface area contributed by atoms with Crippen molar-refractivity contribution in [1.29, 1.82) is 0 Å². The van der Waals surface area contributed by atoms with Crippen molar-refractivity contribution in [3.8, 4) is 0 Å². The Balaban J connectivity index is 3.12. The zero-order valence-corrected chi connectivity index (χ0v) is 12.2. The molecule has 0 saturated heterocycles. The molecule has 0 saturated carbocycles. The Kier molecular flexibility index (Phi) is 5.44. The SMILES string of the molecule is CC/C(C)=N/N=C(\N)N(C(N)=S)c1cccc(C)c1. The van der Waals surface area contributed by atoms with Crippen LogP contribution in [-0.4, -0.2) is 16.8 Å². The fourth-order valence-electron chi connectivity index (χ4n) is 1.39. The Morgan fingerprint density at radius 2 is 2.00 bits per heavy atom. The largest absolute Gasteiger partial charge is 0.376 e. The normalized spacial score (nSPS) is 12.4. The highest BCUT2D eigenvalue weighted by Crippen LogP contribution is 2.15. The maximum Gasteiger partial charge on any atom is 0.227 e. The molecule has 0 radical (unpaired) electrons. The standard InChI is InChI=1S/C13H19N5S/c1-4-10(3)16-17-12(14)18(13(15)19)11-7-5-6-9(2)8-11/h5-8H,4H2,1-3H3,(H2,14,17)(H2,15,19)/b16-10+. The van der Waals surface area contributed by atoms with Crippen molar-refractivity contribution in [2.24, 2.45) is 21.7 Å². The Labute approximate surface area is 119 Å². The van der Waals surface area contributed by atoms with Gasteiger partial charge >= 0.3 is 0 Å². The molecule has 1 aromatic carbocycles. The molecule has 0 aromatic heterocycles. The fraction of sp³-hybridized carbons (Fsp3) is 0.308. The molecule has 0 fully saturated rings. The van der Waals surface area contributed by atoms with Crippen LogP contribution < -0.4 is 16.4 Å². The lowest BCUT2D eigenvalue weighted by molar-refractivity contribution is 1.13. The van der Waals surface area contributed by atoms with Crippen LogP contribution in [0.1, 0.15) is 25.8 Å². The maximum absolute atomic E-state index is 5.91. The molecule has 0 unspecified atom stereocenters. The number of nitrogens with two attached hydrogens (primary N) is 2. The molecule has 0 amide bonds. The van der Waals surface area contributed by atoms with Crippen LogP contribution in [-0.2, 0) is 0 Å². The van der Waals surface area contributed by atoms with E-state index in [0.29, 0.717) is 0 Å². The van der Waals surface area contributed by atoms with E-state index < -0.39 is 0 Å². The van der Waals surface area contributed by atoms with Gasteiger partial charge in [0.15, 0.2) is 5.11 Å². The Bertz CT molecular complexity index is 522. The average molecular weight is 277 g/mol. The third-order valence-electron chi connectivity index (χ3n) is 2.54. The number of aryl methyl sites for hydroxylation is 1. The minimum absolute atomic E-state index is 0.135. The topological polar surface area (TPSA) is 80.0 Å². The van der Waals surface area contributed by atoms with Crippen LogP contribution in [0.3, 0.4) is 0 Å². The molecule has 19 heavy (non-hydrogen) atoms. The second-order valence-electron chi connectivity index (χ2n) is 4.16. The Hall–Kier alpha value is -1.95. The molecule has 5 nitrogen and oxygen atoms in total. The highest BCUT2D eigenvalue weighted by Gasteiger charge is 2.13. The number of guanidine groups is 1. The number of benzene rings is 1. The van der Waals surface area contributed by atoms with Gasteiger partial charge in [-0.3, -0.25) is 4.90 Å². The van der Waals surface area contributed by atoms with Crippen LogP contribution in [0.2, 0.25) is 0 Å². The Morgan fingerprint density at radius 1 is 1.32 bits per heavy atom. The van der Waals surface area contributed by atoms with Gasteiger partial charge in [0.2, 0.25) is 5.96 Å². The van der Waals surface area contributed by atoms with Crippen molar-refractivity contribution < 1.29 is 0 Å². The van der Waals surface area contributed by atoms with Crippen LogP contribution in [0.15, 0.2) is 34.5 Å². The van der Waals surface area contributed by atoms with Gasteiger partial charge in [0, 0.05) is 5.71 Å². The first-order chi connectivity index (χ1) is 8.95. The summed E-state index contributed by atoms with van der Waals surface area (Å²) in [6, 6.07) is 7.68. The quantitative estimate of drug-likeness (QED) is 0.384. The second kappa shape index (κ2) is 6.84. The average Bonchev–Trinajstić information content (AvgIpc) is 2.35. The van der Waals surface area contributed by atoms with Gasteiger partial charge in [-0.1, -0.05) is 19.1 Å². The highest BCUT2D eigenvalue weighted by molar-refractivity contribution is 7.80. The minimum atomic E-state index is 0.135. The van der Waals surface area contributed by atoms with Gasteiger partial charge in [-0.2, -0.15) is 5.10 Å². The van der Waals surface area contributed by atoms with E-state index in [1.807, 2.05) is 45.0 Å². The molecular formula is C13H19N5S. The summed E-state index contributed by atoms with van der Waals surface area (Å²) in [6.07, 6.45) is 0.814. The first-order valence-electron chi connectivity index (χ1n) is 5.98. The van der Waals surface area contributed by atoms with Gasteiger partial charge in [-0.15, -0.1) is 5.10 Å². The lowest BCUT2D eigenvalue weighted by Gasteiger charge is -2.21. The zero-order chi connectivity index (χ0) is 14.4. The van der Waals surface area contributed by atoms with Crippen LogP contribution >= 0.6 is 12.2 Å². The Morgan fingerprint density at radius 3 is 2.53 bits per heavy atom. The molecule has 0 spiro atoms. The smallest absolute Gasteiger partial charge is 0.227 e. The maximum atomic E-state index is 5.91. The third-order valence-corrected chi connectivity index (χ3v) is 2.73. The third kappa shape index (κ3) is 4.33. The summed E-state index contributed by atoms with van der Waals surface area (Å²) in [4.78, 5) is 1.49. The van der Waals surface area contributed by atoms with E-state index in [1.54, 1.807) is 0 Å². The lowest BCUT2D eigenvalue weighted by Crippen LogP contribution is -2.45. The number of hydrogen-bond donors (Lipinski definition) is 2. The molecule has 102 valence electrons. The zero-order valence-electron chi connectivity index (χ0n) is 11.4. The molecule has 0 atom stereocenters. The summed E-state index contributed by atoms with van der Waals surface area (Å²) in [5.74, 6) is 0.158. The van der Waals surface area contributed by atoms with Crippen LogP contribution in [0.25, 0.3) is 0 Å². The van der Waals surface area contributed by atoms with Crippen molar-refractivity contribution in [1.82, 2.24) is 0 Å². The second-order valence-corrected chi connectivity index (χ2v) is 4.58. The number of hydrogen-bond acceptors (Lipinski definition) is 3. The molecule has 0 bridgehead atoms. The van der Waals surface area contributed by atoms with E-state index in [4.69, 9.17) is 23.7 Å². The molecule has 0 aliphatic heterocycles. The monoisotopic (exact) mass is 277 g/mol. The van der Waals surface area contributed by atoms with Gasteiger partial charge < -0.3 is 11.5 Å². The first-order valence-corrected chi connectivity index (χ1v) is 6.39. The van der Waals surface area contributed by atoms with E-state index in [-0.39, 0.29) is 11.1 Å². The van der Waals surface area contributed by atoms with Crippen molar-refractivity contribution in [2.75, 3.05) is 4.90 Å². The van der Waals surface area contributed by atoms with E-state index in [1.165, 1.54) is 4.90 Å². The van der Waals surface area contributed by atoms with Gasteiger partial charge in [-0.25, -0.2) is 0 Å². The van der Waals surface area contributed by atoms with E-state index in [0.717, 1.165) is 23.4 Å². The van der Waals surface area contributed by atoms with Crippen LogP contribution in [0.4, 0.5) is 5.69 Å².